The second-order valence-corrected chi connectivity index (χ2v) is 4.37. The molecule has 0 saturated carbocycles. The van der Waals surface area contributed by atoms with Gasteiger partial charge in [0.05, 0.1) is 0 Å². The third-order valence-electron chi connectivity index (χ3n) is 2.80. The number of phenolic OH excluding ortho intramolecular Hbond substituents is 1. The molecule has 0 unspecified atom stereocenters. The van der Waals surface area contributed by atoms with Gasteiger partial charge in [-0.05, 0) is 42.3 Å². The fraction of sp³-hybridized carbons (Fsp3) is 0.214. The minimum atomic E-state index is -0.128. The number of carbonyl (C=O) groups is 1. The van der Waals surface area contributed by atoms with Gasteiger partial charge in [0.25, 0.3) is 5.91 Å². The average Bonchev–Trinajstić information content (AvgIpc) is 2.72. The maximum atomic E-state index is 12.0. The zero-order valence-electron chi connectivity index (χ0n) is 10.5. The summed E-state index contributed by atoms with van der Waals surface area (Å²) in [6.07, 6.45) is 3.90. The van der Waals surface area contributed by atoms with Crippen LogP contribution in [0.1, 0.15) is 21.5 Å². The Kier molecular flexibility index (Phi) is 3.37. The van der Waals surface area contributed by atoms with Crippen LogP contribution >= 0.6 is 0 Å². The van der Waals surface area contributed by atoms with Gasteiger partial charge in [-0.1, -0.05) is 0 Å². The molecule has 0 aliphatic rings. The van der Waals surface area contributed by atoms with Crippen LogP contribution in [0.3, 0.4) is 0 Å². The van der Waals surface area contributed by atoms with E-state index in [1.54, 1.807) is 19.1 Å². The average molecular weight is 244 g/mol. The summed E-state index contributed by atoms with van der Waals surface area (Å²) in [5, 5.41) is 12.2. The summed E-state index contributed by atoms with van der Waals surface area (Å²) < 4.78 is 1.94. The Bertz CT molecular complexity index is 573. The standard InChI is InChI=1S/C14H16N2O2/c1-10-7-12(17)3-4-13(10)14(18)15-8-11-5-6-16(2)9-11/h3-7,9,17H,8H2,1-2H3,(H,15,18). The number of hydrogen-bond donors (Lipinski definition) is 2. The van der Waals surface area contributed by atoms with Crippen molar-refractivity contribution >= 4 is 5.91 Å². The van der Waals surface area contributed by atoms with Crippen LogP contribution in [0.4, 0.5) is 0 Å². The number of amides is 1. The number of benzene rings is 1. The molecule has 18 heavy (non-hydrogen) atoms. The highest BCUT2D eigenvalue weighted by Crippen LogP contribution is 2.15. The molecule has 94 valence electrons. The maximum Gasteiger partial charge on any atom is 0.251 e. The van der Waals surface area contributed by atoms with Crippen molar-refractivity contribution in [1.82, 2.24) is 9.88 Å². The number of hydrogen-bond acceptors (Lipinski definition) is 2. The first-order valence-electron chi connectivity index (χ1n) is 5.75. The molecule has 1 aromatic heterocycles. The molecule has 0 aliphatic heterocycles. The summed E-state index contributed by atoms with van der Waals surface area (Å²) in [5.41, 5.74) is 2.41. The van der Waals surface area contributed by atoms with Gasteiger partial charge in [0.15, 0.2) is 0 Å². The molecule has 0 bridgehead atoms. The van der Waals surface area contributed by atoms with Crippen LogP contribution < -0.4 is 5.32 Å². The quantitative estimate of drug-likeness (QED) is 0.867. The number of aryl methyl sites for hydroxylation is 2. The van der Waals surface area contributed by atoms with E-state index >= 15 is 0 Å². The molecule has 0 atom stereocenters. The number of aromatic nitrogens is 1. The van der Waals surface area contributed by atoms with E-state index in [1.807, 2.05) is 30.1 Å². The topological polar surface area (TPSA) is 54.3 Å². The lowest BCUT2D eigenvalue weighted by molar-refractivity contribution is 0.0950. The van der Waals surface area contributed by atoms with E-state index in [4.69, 9.17) is 0 Å². The molecule has 0 saturated heterocycles. The third-order valence-corrected chi connectivity index (χ3v) is 2.80. The normalized spacial score (nSPS) is 10.3. The molecule has 1 amide bonds. The van der Waals surface area contributed by atoms with Crippen LogP contribution in [0.2, 0.25) is 0 Å². The number of rotatable bonds is 3. The van der Waals surface area contributed by atoms with Crippen LogP contribution in [-0.2, 0) is 13.6 Å². The first-order chi connectivity index (χ1) is 8.56. The van der Waals surface area contributed by atoms with E-state index in [0.717, 1.165) is 11.1 Å². The molecule has 0 radical (unpaired) electrons. The van der Waals surface area contributed by atoms with Crippen molar-refractivity contribution in [2.24, 2.45) is 7.05 Å². The molecule has 1 aromatic carbocycles. The van der Waals surface area contributed by atoms with Crippen molar-refractivity contribution in [1.29, 1.82) is 0 Å². The SMILES string of the molecule is Cc1cc(O)ccc1C(=O)NCc1ccn(C)c1. The van der Waals surface area contributed by atoms with Crippen molar-refractivity contribution in [3.63, 3.8) is 0 Å². The van der Waals surface area contributed by atoms with E-state index in [9.17, 15) is 9.90 Å². The zero-order valence-corrected chi connectivity index (χ0v) is 10.5. The largest absolute Gasteiger partial charge is 0.508 e. The van der Waals surface area contributed by atoms with Gasteiger partial charge >= 0.3 is 0 Å². The van der Waals surface area contributed by atoms with E-state index in [2.05, 4.69) is 5.32 Å². The first kappa shape index (κ1) is 12.2. The predicted octanol–water partition coefficient (Wildman–Crippen LogP) is 1.97. The number of nitrogens with one attached hydrogen (secondary N) is 1. The number of carbonyl (C=O) groups excluding carboxylic acids is 1. The Morgan fingerprint density at radius 3 is 2.78 bits per heavy atom. The second-order valence-electron chi connectivity index (χ2n) is 4.37. The lowest BCUT2D eigenvalue weighted by atomic mass is 10.1. The molecular formula is C14H16N2O2. The lowest BCUT2D eigenvalue weighted by Gasteiger charge is -2.07. The molecule has 2 rings (SSSR count). The highest BCUT2D eigenvalue weighted by atomic mass is 16.3. The van der Waals surface area contributed by atoms with Crippen LogP contribution in [0, 0.1) is 6.92 Å². The Hall–Kier alpha value is -2.23. The van der Waals surface area contributed by atoms with Gasteiger partial charge in [-0.25, -0.2) is 0 Å². The predicted molar refractivity (Wildman–Crippen MR) is 69.4 cm³/mol. The number of phenols is 1. The molecule has 2 aromatic rings. The van der Waals surface area contributed by atoms with Crippen LogP contribution in [0.15, 0.2) is 36.7 Å². The molecule has 1 heterocycles. The Morgan fingerprint density at radius 1 is 1.39 bits per heavy atom. The van der Waals surface area contributed by atoms with Crippen molar-refractivity contribution < 1.29 is 9.90 Å². The third kappa shape index (κ3) is 2.71. The maximum absolute atomic E-state index is 12.0. The Morgan fingerprint density at radius 2 is 2.17 bits per heavy atom. The van der Waals surface area contributed by atoms with E-state index in [-0.39, 0.29) is 11.7 Å². The van der Waals surface area contributed by atoms with Gasteiger partial charge < -0.3 is 15.0 Å². The molecule has 0 aliphatic carbocycles. The van der Waals surface area contributed by atoms with Crippen molar-refractivity contribution in [3.05, 3.63) is 53.3 Å². The van der Waals surface area contributed by atoms with Crippen molar-refractivity contribution in [3.8, 4) is 5.75 Å². The fourth-order valence-electron chi connectivity index (χ4n) is 1.85. The molecule has 2 N–H and O–H groups in total. The van der Waals surface area contributed by atoms with Crippen LogP contribution in [0.25, 0.3) is 0 Å². The van der Waals surface area contributed by atoms with Crippen molar-refractivity contribution in [2.75, 3.05) is 0 Å². The Labute approximate surface area is 106 Å². The Balaban J connectivity index is 2.03. The fourth-order valence-corrected chi connectivity index (χ4v) is 1.85. The zero-order chi connectivity index (χ0) is 13.1. The molecule has 4 heteroatoms. The van der Waals surface area contributed by atoms with Gasteiger partial charge in [-0.15, -0.1) is 0 Å². The van der Waals surface area contributed by atoms with Gasteiger partial charge in [0.2, 0.25) is 0 Å². The summed E-state index contributed by atoms with van der Waals surface area (Å²) in [5.74, 6) is 0.0449. The van der Waals surface area contributed by atoms with Crippen LogP contribution in [0.5, 0.6) is 5.75 Å². The summed E-state index contributed by atoms with van der Waals surface area (Å²) >= 11 is 0. The van der Waals surface area contributed by atoms with Gasteiger partial charge in [-0.3, -0.25) is 4.79 Å². The summed E-state index contributed by atoms with van der Waals surface area (Å²) in [6.45, 7) is 2.30. The minimum Gasteiger partial charge on any atom is -0.508 e. The number of aromatic hydroxyl groups is 1. The summed E-state index contributed by atoms with van der Waals surface area (Å²) in [6, 6.07) is 6.69. The van der Waals surface area contributed by atoms with Gasteiger partial charge in [0.1, 0.15) is 5.75 Å². The second kappa shape index (κ2) is 4.96. The van der Waals surface area contributed by atoms with Gasteiger partial charge in [-0.2, -0.15) is 0 Å². The van der Waals surface area contributed by atoms with E-state index in [0.29, 0.717) is 12.1 Å². The smallest absolute Gasteiger partial charge is 0.251 e. The highest BCUT2D eigenvalue weighted by Gasteiger charge is 2.09. The minimum absolute atomic E-state index is 0.128. The molecule has 0 spiro atoms. The summed E-state index contributed by atoms with van der Waals surface area (Å²) in [7, 11) is 1.94. The molecular weight excluding hydrogens is 228 g/mol. The highest BCUT2D eigenvalue weighted by molar-refractivity contribution is 5.95. The number of nitrogens with zero attached hydrogens (tertiary/aromatic N) is 1. The van der Waals surface area contributed by atoms with E-state index in [1.165, 1.54) is 6.07 Å². The van der Waals surface area contributed by atoms with Crippen LogP contribution in [-0.4, -0.2) is 15.6 Å². The summed E-state index contributed by atoms with van der Waals surface area (Å²) in [4.78, 5) is 12.0. The molecule has 0 fully saturated rings. The van der Waals surface area contributed by atoms with E-state index < -0.39 is 0 Å². The first-order valence-corrected chi connectivity index (χ1v) is 5.75. The lowest BCUT2D eigenvalue weighted by Crippen LogP contribution is -2.23. The van der Waals surface area contributed by atoms with Crippen molar-refractivity contribution in [2.45, 2.75) is 13.5 Å². The molecule has 4 nitrogen and oxygen atoms in total. The van der Waals surface area contributed by atoms with Gasteiger partial charge in [0, 0.05) is 31.5 Å². The monoisotopic (exact) mass is 244 g/mol.